The zero-order valence-electron chi connectivity index (χ0n) is 13.2. The Hall–Kier alpha value is -0.830. The van der Waals surface area contributed by atoms with Crippen molar-refractivity contribution in [2.24, 2.45) is 7.05 Å². The monoisotopic (exact) mass is 265 g/mol. The van der Waals surface area contributed by atoms with Gasteiger partial charge in [0.15, 0.2) is 0 Å². The minimum Gasteiger partial charge on any atom is -0.310 e. The van der Waals surface area contributed by atoms with Gasteiger partial charge >= 0.3 is 0 Å². The summed E-state index contributed by atoms with van der Waals surface area (Å²) in [7, 11) is 2.02. The Kier molecular flexibility index (Phi) is 7.80. The molecule has 0 bridgehead atoms. The van der Waals surface area contributed by atoms with Crippen molar-refractivity contribution >= 4 is 0 Å². The minimum absolute atomic E-state index is 0.487. The molecule has 1 rings (SSSR count). The number of rotatable bonds is 10. The molecular weight excluding hydrogens is 234 g/mol. The van der Waals surface area contributed by atoms with Crippen LogP contribution in [0.3, 0.4) is 0 Å². The van der Waals surface area contributed by atoms with Gasteiger partial charge in [0.1, 0.15) is 0 Å². The topological polar surface area (TPSA) is 29.9 Å². The first-order chi connectivity index (χ1) is 9.22. The fraction of sp³-hybridized carbons (Fsp3) is 0.812. The first-order valence-corrected chi connectivity index (χ1v) is 7.98. The number of hydrogen-bond acceptors (Lipinski definition) is 2. The molecule has 3 heteroatoms. The molecule has 110 valence electrons. The second kappa shape index (κ2) is 9.13. The van der Waals surface area contributed by atoms with E-state index in [1.807, 2.05) is 11.7 Å². The van der Waals surface area contributed by atoms with Crippen LogP contribution < -0.4 is 5.32 Å². The highest BCUT2D eigenvalue weighted by molar-refractivity contribution is 5.21. The smallest absolute Gasteiger partial charge is 0.0669 e. The SMILES string of the molecule is CCCCCCC(NCCC)c1cn(C)nc1CC. The van der Waals surface area contributed by atoms with E-state index in [1.165, 1.54) is 49.8 Å². The van der Waals surface area contributed by atoms with Crippen LogP contribution in [0, 0.1) is 0 Å². The summed E-state index contributed by atoms with van der Waals surface area (Å²) in [6, 6.07) is 0.487. The Balaban J connectivity index is 2.65. The molecule has 1 aromatic rings. The molecule has 0 amide bonds. The number of hydrogen-bond donors (Lipinski definition) is 1. The summed E-state index contributed by atoms with van der Waals surface area (Å²) in [5.74, 6) is 0. The van der Waals surface area contributed by atoms with Crippen LogP contribution in [0.1, 0.15) is 76.6 Å². The van der Waals surface area contributed by atoms with Crippen LogP contribution in [0.25, 0.3) is 0 Å². The Morgan fingerprint density at radius 1 is 1.16 bits per heavy atom. The van der Waals surface area contributed by atoms with E-state index in [0.717, 1.165) is 13.0 Å². The van der Waals surface area contributed by atoms with Crippen molar-refractivity contribution in [2.45, 2.75) is 71.8 Å². The molecule has 0 aliphatic rings. The lowest BCUT2D eigenvalue weighted by atomic mass is 9.99. The molecular formula is C16H31N3. The molecule has 1 atom stereocenters. The highest BCUT2D eigenvalue weighted by atomic mass is 15.3. The van der Waals surface area contributed by atoms with Gasteiger partial charge in [-0.25, -0.2) is 0 Å². The van der Waals surface area contributed by atoms with Crippen LogP contribution in [0.4, 0.5) is 0 Å². The van der Waals surface area contributed by atoms with Crippen LogP contribution in [0.2, 0.25) is 0 Å². The number of aryl methyl sites for hydroxylation is 2. The Bertz CT molecular complexity index is 344. The number of unbranched alkanes of at least 4 members (excludes halogenated alkanes) is 3. The van der Waals surface area contributed by atoms with Gasteiger partial charge in [-0.15, -0.1) is 0 Å². The molecule has 0 saturated carbocycles. The standard InChI is InChI=1S/C16H31N3/c1-5-8-9-10-11-16(17-12-6-2)14-13-19(4)18-15(14)7-3/h13,16-17H,5-12H2,1-4H3. The van der Waals surface area contributed by atoms with E-state index < -0.39 is 0 Å². The number of aromatic nitrogens is 2. The van der Waals surface area contributed by atoms with Crippen LogP contribution in [-0.2, 0) is 13.5 Å². The van der Waals surface area contributed by atoms with Crippen molar-refractivity contribution in [3.8, 4) is 0 Å². The zero-order chi connectivity index (χ0) is 14.1. The van der Waals surface area contributed by atoms with E-state index in [2.05, 4.69) is 37.4 Å². The minimum atomic E-state index is 0.487. The number of nitrogens with one attached hydrogen (secondary N) is 1. The van der Waals surface area contributed by atoms with Gasteiger partial charge in [0.05, 0.1) is 5.69 Å². The quantitative estimate of drug-likeness (QED) is 0.648. The van der Waals surface area contributed by atoms with Gasteiger partial charge in [-0.3, -0.25) is 4.68 Å². The van der Waals surface area contributed by atoms with Gasteiger partial charge in [0, 0.05) is 24.8 Å². The van der Waals surface area contributed by atoms with E-state index >= 15 is 0 Å². The molecule has 0 aliphatic carbocycles. The molecule has 0 fully saturated rings. The Morgan fingerprint density at radius 2 is 1.95 bits per heavy atom. The molecule has 19 heavy (non-hydrogen) atoms. The van der Waals surface area contributed by atoms with Crippen molar-refractivity contribution in [1.29, 1.82) is 0 Å². The normalized spacial score (nSPS) is 12.8. The van der Waals surface area contributed by atoms with Crippen molar-refractivity contribution < 1.29 is 0 Å². The largest absolute Gasteiger partial charge is 0.310 e. The van der Waals surface area contributed by atoms with Crippen LogP contribution in [-0.4, -0.2) is 16.3 Å². The van der Waals surface area contributed by atoms with Crippen LogP contribution in [0.5, 0.6) is 0 Å². The summed E-state index contributed by atoms with van der Waals surface area (Å²) in [6.45, 7) is 7.78. The summed E-state index contributed by atoms with van der Waals surface area (Å²) in [6.07, 6.45) is 11.0. The molecule has 0 spiro atoms. The van der Waals surface area contributed by atoms with Crippen molar-refractivity contribution in [3.63, 3.8) is 0 Å². The van der Waals surface area contributed by atoms with Gasteiger partial charge in [-0.1, -0.05) is 46.5 Å². The average Bonchev–Trinajstić information content (AvgIpc) is 2.79. The van der Waals surface area contributed by atoms with Crippen molar-refractivity contribution in [3.05, 3.63) is 17.5 Å². The zero-order valence-corrected chi connectivity index (χ0v) is 13.2. The molecule has 1 heterocycles. The molecule has 1 N–H and O–H groups in total. The van der Waals surface area contributed by atoms with Gasteiger partial charge < -0.3 is 5.32 Å². The summed E-state index contributed by atoms with van der Waals surface area (Å²) in [5, 5.41) is 8.28. The van der Waals surface area contributed by atoms with Gasteiger partial charge in [-0.2, -0.15) is 5.10 Å². The summed E-state index contributed by atoms with van der Waals surface area (Å²) in [4.78, 5) is 0. The predicted molar refractivity (Wildman–Crippen MR) is 82.4 cm³/mol. The second-order valence-corrected chi connectivity index (χ2v) is 5.41. The number of nitrogens with zero attached hydrogens (tertiary/aromatic N) is 2. The fourth-order valence-corrected chi connectivity index (χ4v) is 2.58. The first kappa shape index (κ1) is 16.2. The van der Waals surface area contributed by atoms with Crippen molar-refractivity contribution in [1.82, 2.24) is 15.1 Å². The van der Waals surface area contributed by atoms with Crippen LogP contribution >= 0.6 is 0 Å². The van der Waals surface area contributed by atoms with E-state index in [4.69, 9.17) is 0 Å². The summed E-state index contributed by atoms with van der Waals surface area (Å²) < 4.78 is 1.96. The molecule has 3 nitrogen and oxygen atoms in total. The second-order valence-electron chi connectivity index (χ2n) is 5.41. The van der Waals surface area contributed by atoms with E-state index in [0.29, 0.717) is 6.04 Å². The lowest BCUT2D eigenvalue weighted by molar-refractivity contribution is 0.468. The van der Waals surface area contributed by atoms with E-state index in [-0.39, 0.29) is 0 Å². The highest BCUT2D eigenvalue weighted by Crippen LogP contribution is 2.23. The molecule has 0 aromatic carbocycles. The molecule has 0 aliphatic heterocycles. The molecule has 1 unspecified atom stereocenters. The lowest BCUT2D eigenvalue weighted by Crippen LogP contribution is -2.22. The lowest BCUT2D eigenvalue weighted by Gasteiger charge is -2.18. The maximum Gasteiger partial charge on any atom is 0.0669 e. The maximum absolute atomic E-state index is 4.58. The molecule has 0 saturated heterocycles. The third-order valence-corrected chi connectivity index (χ3v) is 3.63. The average molecular weight is 265 g/mol. The van der Waals surface area contributed by atoms with Crippen molar-refractivity contribution in [2.75, 3.05) is 6.54 Å². The Morgan fingerprint density at radius 3 is 2.58 bits per heavy atom. The molecule has 1 aromatic heterocycles. The third kappa shape index (κ3) is 5.35. The summed E-state index contributed by atoms with van der Waals surface area (Å²) >= 11 is 0. The first-order valence-electron chi connectivity index (χ1n) is 7.98. The van der Waals surface area contributed by atoms with Gasteiger partial charge in [-0.05, 0) is 25.8 Å². The highest BCUT2D eigenvalue weighted by Gasteiger charge is 2.16. The third-order valence-electron chi connectivity index (χ3n) is 3.63. The van der Waals surface area contributed by atoms with E-state index in [1.54, 1.807) is 0 Å². The van der Waals surface area contributed by atoms with Gasteiger partial charge in [0.2, 0.25) is 0 Å². The van der Waals surface area contributed by atoms with Gasteiger partial charge in [0.25, 0.3) is 0 Å². The molecule has 0 radical (unpaired) electrons. The van der Waals surface area contributed by atoms with E-state index in [9.17, 15) is 0 Å². The predicted octanol–water partition coefficient (Wildman–Crippen LogP) is 3.99. The van der Waals surface area contributed by atoms with Crippen LogP contribution in [0.15, 0.2) is 6.20 Å². The summed E-state index contributed by atoms with van der Waals surface area (Å²) in [5.41, 5.74) is 2.67. The Labute approximate surface area is 118 Å². The fourth-order valence-electron chi connectivity index (χ4n) is 2.58. The maximum atomic E-state index is 4.58.